The molecule has 0 aliphatic heterocycles. The fourth-order valence-corrected chi connectivity index (χ4v) is 1.59. The summed E-state index contributed by atoms with van der Waals surface area (Å²) in [4.78, 5) is 4.58. The van der Waals surface area contributed by atoms with Gasteiger partial charge in [-0.05, 0) is 31.6 Å². The first-order chi connectivity index (χ1) is 7.72. The second kappa shape index (κ2) is 9.97. The molecular weight excluding hydrogens is 325 g/mol. The molecule has 1 rings (SSSR count). The van der Waals surface area contributed by atoms with Crippen molar-refractivity contribution in [3.05, 3.63) is 0 Å². The molecule has 0 aromatic heterocycles. The summed E-state index contributed by atoms with van der Waals surface area (Å²) in [5.74, 6) is 2.72. The third-order valence-electron chi connectivity index (χ3n) is 2.86. The average Bonchev–Trinajstić information content (AvgIpc) is 3.01. The first kappa shape index (κ1) is 17.0. The van der Waals surface area contributed by atoms with Crippen LogP contribution in [0, 0.1) is 11.8 Å². The van der Waals surface area contributed by atoms with Crippen molar-refractivity contribution in [2.75, 3.05) is 19.6 Å². The maximum absolute atomic E-state index is 4.58. The topological polar surface area (TPSA) is 36.4 Å². The molecule has 0 heterocycles. The minimum absolute atomic E-state index is 0. The minimum atomic E-state index is 0. The molecule has 0 atom stereocenters. The monoisotopic (exact) mass is 353 g/mol. The molecule has 0 radical (unpaired) electrons. The van der Waals surface area contributed by atoms with Crippen LogP contribution in [-0.2, 0) is 0 Å². The van der Waals surface area contributed by atoms with E-state index in [0.29, 0.717) is 0 Å². The van der Waals surface area contributed by atoms with Crippen LogP contribution in [0.2, 0.25) is 0 Å². The lowest BCUT2D eigenvalue weighted by Gasteiger charge is -2.12. The summed E-state index contributed by atoms with van der Waals surface area (Å²) in [7, 11) is 0. The second-order valence-electron chi connectivity index (χ2n) is 5.10. The fraction of sp³-hybridized carbons (Fsp3) is 0.923. The standard InChI is InChI=1S/C13H27N3.HI/c1-4-14-13(15-9-7-11(2)3)16-10-8-12-5-6-12;/h11-12H,4-10H2,1-3H3,(H2,14,15,16);1H. The molecular formula is C13H28IN3. The van der Waals surface area contributed by atoms with Crippen LogP contribution in [0.25, 0.3) is 0 Å². The van der Waals surface area contributed by atoms with Gasteiger partial charge in [0, 0.05) is 19.6 Å². The first-order valence-corrected chi connectivity index (χ1v) is 6.74. The number of nitrogens with one attached hydrogen (secondary N) is 2. The predicted octanol–water partition coefficient (Wildman–Crippen LogP) is 3.01. The van der Waals surface area contributed by atoms with Crippen LogP contribution in [0.15, 0.2) is 4.99 Å². The maximum atomic E-state index is 4.58. The highest BCUT2D eigenvalue weighted by Crippen LogP contribution is 2.31. The number of hydrogen-bond acceptors (Lipinski definition) is 1. The summed E-state index contributed by atoms with van der Waals surface area (Å²) >= 11 is 0. The molecule has 0 aromatic carbocycles. The Bertz CT molecular complexity index is 213. The molecule has 2 N–H and O–H groups in total. The first-order valence-electron chi connectivity index (χ1n) is 6.74. The molecule has 0 unspecified atom stereocenters. The molecule has 1 aliphatic carbocycles. The summed E-state index contributed by atoms with van der Waals surface area (Å²) in [5.41, 5.74) is 0. The molecule has 102 valence electrons. The zero-order valence-electron chi connectivity index (χ0n) is 11.5. The Morgan fingerprint density at radius 1 is 1.29 bits per heavy atom. The molecule has 4 heteroatoms. The highest BCUT2D eigenvalue weighted by atomic mass is 127. The van der Waals surface area contributed by atoms with Crippen molar-refractivity contribution in [3.8, 4) is 0 Å². The van der Waals surface area contributed by atoms with Crippen molar-refractivity contribution in [2.24, 2.45) is 16.8 Å². The lowest BCUT2D eigenvalue weighted by Crippen LogP contribution is -2.38. The molecule has 1 fully saturated rings. The van der Waals surface area contributed by atoms with Gasteiger partial charge in [-0.2, -0.15) is 0 Å². The maximum Gasteiger partial charge on any atom is 0.191 e. The Balaban J connectivity index is 0.00000256. The molecule has 17 heavy (non-hydrogen) atoms. The van der Waals surface area contributed by atoms with E-state index in [0.717, 1.165) is 37.4 Å². The third kappa shape index (κ3) is 9.68. The number of halogens is 1. The zero-order valence-corrected chi connectivity index (χ0v) is 13.8. The van der Waals surface area contributed by atoms with E-state index >= 15 is 0 Å². The van der Waals surface area contributed by atoms with Crippen molar-refractivity contribution in [1.82, 2.24) is 10.6 Å². The molecule has 0 spiro atoms. The van der Waals surface area contributed by atoms with Crippen LogP contribution in [0.3, 0.4) is 0 Å². The van der Waals surface area contributed by atoms with Crippen LogP contribution in [0.4, 0.5) is 0 Å². The van der Waals surface area contributed by atoms with Gasteiger partial charge in [0.2, 0.25) is 0 Å². The molecule has 0 saturated heterocycles. The Kier molecular flexibility index (Phi) is 9.97. The summed E-state index contributed by atoms with van der Waals surface area (Å²) in [5, 5.41) is 6.67. The van der Waals surface area contributed by atoms with E-state index < -0.39 is 0 Å². The summed E-state index contributed by atoms with van der Waals surface area (Å²) in [6, 6.07) is 0. The highest BCUT2D eigenvalue weighted by molar-refractivity contribution is 14.0. The van der Waals surface area contributed by atoms with Gasteiger partial charge >= 0.3 is 0 Å². The van der Waals surface area contributed by atoms with Crippen LogP contribution in [0.5, 0.6) is 0 Å². The van der Waals surface area contributed by atoms with E-state index in [1.807, 2.05) is 0 Å². The number of aliphatic imine (C=N–C) groups is 1. The Morgan fingerprint density at radius 3 is 2.53 bits per heavy atom. The van der Waals surface area contributed by atoms with Gasteiger partial charge < -0.3 is 10.6 Å². The lowest BCUT2D eigenvalue weighted by atomic mass is 10.1. The van der Waals surface area contributed by atoms with Crippen LogP contribution in [0.1, 0.15) is 46.5 Å². The van der Waals surface area contributed by atoms with Gasteiger partial charge in [0.05, 0.1) is 0 Å². The van der Waals surface area contributed by atoms with Gasteiger partial charge in [-0.3, -0.25) is 4.99 Å². The molecule has 0 amide bonds. The van der Waals surface area contributed by atoms with Crippen LogP contribution in [-0.4, -0.2) is 25.6 Å². The normalized spacial score (nSPS) is 15.6. The van der Waals surface area contributed by atoms with E-state index in [1.54, 1.807) is 0 Å². The lowest BCUT2D eigenvalue weighted by molar-refractivity contribution is 0.573. The smallest absolute Gasteiger partial charge is 0.191 e. The Hall–Kier alpha value is 0. The Labute approximate surface area is 123 Å². The van der Waals surface area contributed by atoms with Crippen molar-refractivity contribution >= 4 is 29.9 Å². The third-order valence-corrected chi connectivity index (χ3v) is 2.86. The largest absolute Gasteiger partial charge is 0.357 e. The van der Waals surface area contributed by atoms with Crippen molar-refractivity contribution in [3.63, 3.8) is 0 Å². The molecule has 0 bridgehead atoms. The summed E-state index contributed by atoms with van der Waals surface area (Å²) in [6.07, 6.45) is 5.31. The van der Waals surface area contributed by atoms with Gasteiger partial charge in [-0.15, -0.1) is 24.0 Å². The average molecular weight is 353 g/mol. The molecule has 0 aromatic rings. The van der Waals surface area contributed by atoms with Gasteiger partial charge in [0.25, 0.3) is 0 Å². The second-order valence-corrected chi connectivity index (χ2v) is 5.10. The summed E-state index contributed by atoms with van der Waals surface area (Å²) < 4.78 is 0. The van der Waals surface area contributed by atoms with E-state index in [-0.39, 0.29) is 24.0 Å². The van der Waals surface area contributed by atoms with Crippen LogP contribution < -0.4 is 10.6 Å². The number of guanidine groups is 1. The quantitative estimate of drug-likeness (QED) is 0.419. The Morgan fingerprint density at radius 2 is 2.00 bits per heavy atom. The van der Waals surface area contributed by atoms with E-state index in [9.17, 15) is 0 Å². The van der Waals surface area contributed by atoms with Crippen LogP contribution >= 0.6 is 24.0 Å². The highest BCUT2D eigenvalue weighted by Gasteiger charge is 2.20. The molecule has 1 aliphatic rings. The molecule has 3 nitrogen and oxygen atoms in total. The van der Waals surface area contributed by atoms with E-state index in [4.69, 9.17) is 0 Å². The van der Waals surface area contributed by atoms with E-state index in [2.05, 4.69) is 36.4 Å². The van der Waals surface area contributed by atoms with E-state index in [1.165, 1.54) is 25.7 Å². The minimum Gasteiger partial charge on any atom is -0.357 e. The SMILES string of the molecule is CCNC(=NCCC1CC1)NCCC(C)C.I. The number of nitrogens with zero attached hydrogens (tertiary/aromatic N) is 1. The fourth-order valence-electron chi connectivity index (χ4n) is 1.59. The molecule has 1 saturated carbocycles. The van der Waals surface area contributed by atoms with Crippen molar-refractivity contribution < 1.29 is 0 Å². The van der Waals surface area contributed by atoms with Crippen molar-refractivity contribution in [2.45, 2.75) is 46.5 Å². The zero-order chi connectivity index (χ0) is 11.8. The van der Waals surface area contributed by atoms with Gasteiger partial charge in [-0.1, -0.05) is 26.7 Å². The van der Waals surface area contributed by atoms with Gasteiger partial charge in [0.15, 0.2) is 5.96 Å². The predicted molar refractivity (Wildman–Crippen MR) is 86.2 cm³/mol. The van der Waals surface area contributed by atoms with Gasteiger partial charge in [-0.25, -0.2) is 0 Å². The number of hydrogen-bond donors (Lipinski definition) is 2. The van der Waals surface area contributed by atoms with Crippen molar-refractivity contribution in [1.29, 1.82) is 0 Å². The number of rotatable bonds is 7. The summed E-state index contributed by atoms with van der Waals surface area (Å²) in [6.45, 7) is 9.55. The van der Waals surface area contributed by atoms with Gasteiger partial charge in [0.1, 0.15) is 0 Å².